The van der Waals surface area contributed by atoms with E-state index in [-0.39, 0.29) is 11.2 Å². The minimum absolute atomic E-state index is 0.115. The molecule has 1 fully saturated rings. The number of nitrogens with zero attached hydrogens (tertiary/aromatic N) is 1. The van der Waals surface area contributed by atoms with E-state index in [1.807, 2.05) is 12.1 Å². The number of hydrogen-bond donors (Lipinski definition) is 0. The average molecular weight is 486 g/mol. The van der Waals surface area contributed by atoms with E-state index in [9.17, 15) is 10.1 Å². The fourth-order valence-corrected chi connectivity index (χ4v) is 5.95. The molecule has 194 valence electrons. The SMILES string of the molecule is CCCCCCCC(=O)c1ccc(-c2ccccc2C2CCC(C#N)(CCCCCCC)CC2)cc1. The van der Waals surface area contributed by atoms with E-state index in [1.165, 1.54) is 68.1 Å². The van der Waals surface area contributed by atoms with Crippen LogP contribution < -0.4 is 0 Å². The van der Waals surface area contributed by atoms with Crippen molar-refractivity contribution in [2.45, 2.75) is 122 Å². The zero-order valence-electron chi connectivity index (χ0n) is 22.9. The first kappa shape index (κ1) is 28.2. The summed E-state index contributed by atoms with van der Waals surface area (Å²) in [6, 6.07) is 19.8. The van der Waals surface area contributed by atoms with Crippen LogP contribution in [0.3, 0.4) is 0 Å². The van der Waals surface area contributed by atoms with Crippen LogP contribution in [0, 0.1) is 16.7 Å². The van der Waals surface area contributed by atoms with Crippen molar-refractivity contribution in [3.05, 3.63) is 59.7 Å². The van der Waals surface area contributed by atoms with Crippen molar-refractivity contribution in [2.75, 3.05) is 0 Å². The van der Waals surface area contributed by atoms with Crippen molar-refractivity contribution in [1.29, 1.82) is 5.26 Å². The molecule has 0 aliphatic heterocycles. The quantitative estimate of drug-likeness (QED) is 0.186. The Labute approximate surface area is 220 Å². The molecule has 0 unspecified atom stereocenters. The van der Waals surface area contributed by atoms with Crippen LogP contribution >= 0.6 is 0 Å². The number of unbranched alkanes of at least 4 members (excludes halogenated alkanes) is 8. The monoisotopic (exact) mass is 485 g/mol. The van der Waals surface area contributed by atoms with Crippen LogP contribution in [0.4, 0.5) is 0 Å². The van der Waals surface area contributed by atoms with Gasteiger partial charge in [0.15, 0.2) is 5.78 Å². The van der Waals surface area contributed by atoms with E-state index < -0.39 is 0 Å². The molecule has 1 saturated carbocycles. The lowest BCUT2D eigenvalue weighted by Crippen LogP contribution is -2.25. The van der Waals surface area contributed by atoms with Crippen molar-refractivity contribution < 1.29 is 4.79 Å². The first-order valence-electron chi connectivity index (χ1n) is 14.8. The molecule has 2 nitrogen and oxygen atoms in total. The molecule has 2 heteroatoms. The van der Waals surface area contributed by atoms with Gasteiger partial charge in [-0.3, -0.25) is 4.79 Å². The Kier molecular flexibility index (Phi) is 11.7. The lowest BCUT2D eigenvalue weighted by Gasteiger charge is -2.36. The van der Waals surface area contributed by atoms with E-state index in [1.54, 1.807) is 0 Å². The molecule has 0 bridgehead atoms. The number of carbonyl (C=O) groups excluding carboxylic acids is 1. The highest BCUT2D eigenvalue weighted by Gasteiger charge is 2.36. The average Bonchev–Trinajstić information content (AvgIpc) is 2.93. The highest BCUT2D eigenvalue weighted by Crippen LogP contribution is 2.47. The second kappa shape index (κ2) is 15.0. The van der Waals surface area contributed by atoms with Crippen LogP contribution in [0.5, 0.6) is 0 Å². The molecule has 0 atom stereocenters. The number of rotatable bonds is 15. The van der Waals surface area contributed by atoms with Crippen LogP contribution in [0.1, 0.15) is 138 Å². The third kappa shape index (κ3) is 8.06. The van der Waals surface area contributed by atoms with Gasteiger partial charge in [0, 0.05) is 12.0 Å². The Morgan fingerprint density at radius 1 is 0.833 bits per heavy atom. The van der Waals surface area contributed by atoms with Crippen molar-refractivity contribution in [3.8, 4) is 17.2 Å². The van der Waals surface area contributed by atoms with Gasteiger partial charge in [0.1, 0.15) is 0 Å². The van der Waals surface area contributed by atoms with E-state index in [2.05, 4.69) is 56.3 Å². The van der Waals surface area contributed by atoms with Gasteiger partial charge in [-0.05, 0) is 61.1 Å². The fraction of sp³-hybridized carbons (Fsp3) is 0.588. The predicted octanol–water partition coefficient (Wildman–Crippen LogP) is 10.4. The van der Waals surface area contributed by atoms with Crippen molar-refractivity contribution in [3.63, 3.8) is 0 Å². The van der Waals surface area contributed by atoms with Gasteiger partial charge in [-0.2, -0.15) is 5.26 Å². The molecule has 2 aromatic carbocycles. The van der Waals surface area contributed by atoms with Gasteiger partial charge in [-0.25, -0.2) is 0 Å². The number of carbonyl (C=O) groups is 1. The summed E-state index contributed by atoms with van der Waals surface area (Å²) in [5.74, 6) is 0.772. The number of benzene rings is 2. The predicted molar refractivity (Wildman–Crippen MR) is 152 cm³/mol. The van der Waals surface area contributed by atoms with E-state index >= 15 is 0 Å². The molecule has 36 heavy (non-hydrogen) atoms. The van der Waals surface area contributed by atoms with Gasteiger partial charge < -0.3 is 0 Å². The van der Waals surface area contributed by atoms with Gasteiger partial charge in [-0.1, -0.05) is 120 Å². The van der Waals surface area contributed by atoms with E-state index in [0.717, 1.165) is 50.5 Å². The lowest BCUT2D eigenvalue weighted by molar-refractivity contribution is 0.0979. The highest BCUT2D eigenvalue weighted by molar-refractivity contribution is 5.96. The molecule has 0 radical (unpaired) electrons. The molecule has 0 heterocycles. The molecule has 1 aliphatic carbocycles. The molecule has 2 aromatic rings. The zero-order chi connectivity index (χ0) is 25.6. The fourth-order valence-electron chi connectivity index (χ4n) is 5.95. The summed E-state index contributed by atoms with van der Waals surface area (Å²) in [6.45, 7) is 4.47. The second-order valence-electron chi connectivity index (χ2n) is 11.1. The summed E-state index contributed by atoms with van der Waals surface area (Å²) in [5, 5.41) is 10.0. The van der Waals surface area contributed by atoms with Crippen LogP contribution in [0.25, 0.3) is 11.1 Å². The third-order valence-electron chi connectivity index (χ3n) is 8.36. The first-order chi connectivity index (χ1) is 17.6. The van der Waals surface area contributed by atoms with E-state index in [0.29, 0.717) is 12.3 Å². The van der Waals surface area contributed by atoms with Gasteiger partial charge in [-0.15, -0.1) is 0 Å². The Hall–Kier alpha value is -2.40. The summed E-state index contributed by atoms with van der Waals surface area (Å²) < 4.78 is 0. The summed E-state index contributed by atoms with van der Waals surface area (Å²) in [5.41, 5.74) is 4.60. The van der Waals surface area contributed by atoms with Crippen LogP contribution in [0.2, 0.25) is 0 Å². The zero-order valence-corrected chi connectivity index (χ0v) is 22.9. The molecule has 1 aliphatic rings. The highest BCUT2D eigenvalue weighted by atomic mass is 16.1. The van der Waals surface area contributed by atoms with Crippen LogP contribution in [-0.4, -0.2) is 5.78 Å². The van der Waals surface area contributed by atoms with Crippen molar-refractivity contribution in [2.24, 2.45) is 5.41 Å². The minimum atomic E-state index is -0.115. The maximum Gasteiger partial charge on any atom is 0.162 e. The normalized spacial score (nSPS) is 19.6. The van der Waals surface area contributed by atoms with Crippen molar-refractivity contribution >= 4 is 5.78 Å². The Balaban J connectivity index is 1.60. The van der Waals surface area contributed by atoms with Gasteiger partial charge in [0.25, 0.3) is 0 Å². The summed E-state index contributed by atoms with van der Waals surface area (Å²) in [6.07, 6.45) is 18.1. The number of ketones is 1. The number of Topliss-reactive ketones (excluding diaryl/α,β-unsaturated/α-hetero) is 1. The Morgan fingerprint density at radius 2 is 1.44 bits per heavy atom. The molecular formula is C34H47NO. The third-order valence-corrected chi connectivity index (χ3v) is 8.36. The summed E-state index contributed by atoms with van der Waals surface area (Å²) in [7, 11) is 0. The molecule has 0 N–H and O–H groups in total. The maximum atomic E-state index is 12.6. The Morgan fingerprint density at radius 3 is 2.08 bits per heavy atom. The topological polar surface area (TPSA) is 40.9 Å². The smallest absolute Gasteiger partial charge is 0.162 e. The van der Waals surface area contributed by atoms with Crippen molar-refractivity contribution in [1.82, 2.24) is 0 Å². The Bertz CT molecular complexity index is 959. The van der Waals surface area contributed by atoms with Crippen LogP contribution in [-0.2, 0) is 0 Å². The molecule has 0 amide bonds. The number of hydrogen-bond acceptors (Lipinski definition) is 2. The van der Waals surface area contributed by atoms with Crippen LogP contribution in [0.15, 0.2) is 48.5 Å². The second-order valence-corrected chi connectivity index (χ2v) is 11.1. The summed E-state index contributed by atoms with van der Waals surface area (Å²) >= 11 is 0. The molecule has 3 rings (SSSR count). The number of nitriles is 1. The standard InChI is InChI=1S/C34H47NO/c1-3-5-7-9-11-17-33(36)30-20-18-28(19-21-30)31-15-12-13-16-32(31)29-22-25-34(27-35,26-23-29)24-14-10-8-6-4-2/h12-13,15-16,18-21,29H,3-11,14,17,22-26H2,1-2H3. The lowest BCUT2D eigenvalue weighted by atomic mass is 9.67. The van der Waals surface area contributed by atoms with Gasteiger partial charge in [0.05, 0.1) is 11.5 Å². The largest absolute Gasteiger partial charge is 0.294 e. The van der Waals surface area contributed by atoms with Gasteiger partial charge >= 0.3 is 0 Å². The molecule has 0 spiro atoms. The molecule has 0 aromatic heterocycles. The molecular weight excluding hydrogens is 438 g/mol. The van der Waals surface area contributed by atoms with Gasteiger partial charge in [0.2, 0.25) is 0 Å². The summed E-state index contributed by atoms with van der Waals surface area (Å²) in [4.78, 5) is 12.6. The maximum absolute atomic E-state index is 12.6. The molecule has 0 saturated heterocycles. The minimum Gasteiger partial charge on any atom is -0.294 e. The van der Waals surface area contributed by atoms with E-state index in [4.69, 9.17) is 0 Å². The first-order valence-corrected chi connectivity index (χ1v) is 14.8.